The van der Waals surface area contributed by atoms with Crippen molar-refractivity contribution in [2.24, 2.45) is 0 Å². The summed E-state index contributed by atoms with van der Waals surface area (Å²) < 4.78 is 14.7. The van der Waals surface area contributed by atoms with Crippen molar-refractivity contribution in [2.75, 3.05) is 0 Å². The van der Waals surface area contributed by atoms with Gasteiger partial charge in [-0.25, -0.2) is 4.85 Å². The average molecular weight is 1010 g/mol. The van der Waals surface area contributed by atoms with Gasteiger partial charge in [-0.1, -0.05) is 140 Å². The van der Waals surface area contributed by atoms with Crippen molar-refractivity contribution in [1.82, 2.24) is 23.7 Å². The number of rotatable bonds is 5. The van der Waals surface area contributed by atoms with Gasteiger partial charge in [-0.3, -0.25) is 9.97 Å². The third-order valence-corrected chi connectivity index (χ3v) is 16.8. The molecular formula is C72H42N6O. The van der Waals surface area contributed by atoms with Gasteiger partial charge in [0.15, 0.2) is 5.69 Å². The highest BCUT2D eigenvalue weighted by Crippen LogP contribution is 2.64. The number of ether oxygens (including phenoxy) is 1. The standard InChI is InChI=1S/C72H42N6O/c1-73-46-31-38-67-57(43-46)56-42-45(30-37-66(56)76(67)47-15-3-2-4-16-47)51-21-12-23-61-71(51)79-70-50(20-11-22-60(70)72(61)58-24-13-39-74-68(58)69-59(72)25-14-40-75-69)44-29-36-65-55(41-44)54-19-7-10-28-64(54)78(65)49-34-32-48(33-35-49)77-62-26-8-5-17-52(62)53-18-6-9-27-63(53)77/h2-43H. The lowest BCUT2D eigenvalue weighted by Crippen LogP contribution is -2.32. The Balaban J connectivity index is 0.860. The van der Waals surface area contributed by atoms with Crippen LogP contribution >= 0.6 is 0 Å². The molecule has 2 aliphatic rings. The number of nitrogens with zero attached hydrogens (tertiary/aromatic N) is 6. The largest absolute Gasteiger partial charge is 0.455 e. The first-order chi connectivity index (χ1) is 39.2. The molecule has 7 nitrogen and oxygen atoms in total. The quantitative estimate of drug-likeness (QED) is 0.161. The minimum atomic E-state index is -0.814. The molecule has 79 heavy (non-hydrogen) atoms. The molecule has 17 rings (SSSR count). The van der Waals surface area contributed by atoms with Gasteiger partial charge in [0, 0.05) is 78.6 Å². The number of hydrogen-bond donors (Lipinski definition) is 0. The molecule has 1 aliphatic heterocycles. The number of benzene rings is 10. The second-order valence-corrected chi connectivity index (χ2v) is 20.7. The summed E-state index contributed by atoms with van der Waals surface area (Å²) in [5.74, 6) is 1.57. The van der Waals surface area contributed by atoms with Gasteiger partial charge >= 0.3 is 0 Å². The van der Waals surface area contributed by atoms with Crippen LogP contribution in [0.2, 0.25) is 0 Å². The topological polar surface area (TPSA) is 54.2 Å². The molecule has 7 heteroatoms. The highest BCUT2D eigenvalue weighted by Gasteiger charge is 2.53. The molecule has 10 aromatic carbocycles. The van der Waals surface area contributed by atoms with Crippen LogP contribution in [0.1, 0.15) is 22.3 Å². The van der Waals surface area contributed by atoms with Crippen molar-refractivity contribution in [2.45, 2.75) is 5.41 Å². The zero-order chi connectivity index (χ0) is 51.9. The smallest absolute Gasteiger partial charge is 0.188 e. The van der Waals surface area contributed by atoms with Crippen LogP contribution in [0, 0.1) is 6.57 Å². The van der Waals surface area contributed by atoms with Crippen molar-refractivity contribution in [3.8, 4) is 62.2 Å². The molecule has 1 aliphatic carbocycles. The van der Waals surface area contributed by atoms with Gasteiger partial charge in [0.1, 0.15) is 11.5 Å². The zero-order valence-electron chi connectivity index (χ0n) is 42.3. The summed E-state index contributed by atoms with van der Waals surface area (Å²) in [6, 6.07) is 86.8. The van der Waals surface area contributed by atoms with E-state index in [0.29, 0.717) is 5.69 Å². The Hall–Kier alpha value is -10.8. The molecule has 0 bridgehead atoms. The molecule has 0 radical (unpaired) electrons. The minimum absolute atomic E-state index is 0.602. The fraction of sp³-hybridized carbons (Fsp3) is 0.0139. The molecule has 0 atom stereocenters. The number of pyridine rings is 2. The molecule has 0 amide bonds. The Morgan fingerprint density at radius 3 is 1.25 bits per heavy atom. The van der Waals surface area contributed by atoms with Gasteiger partial charge in [-0.05, 0) is 131 Å². The van der Waals surface area contributed by atoms with Gasteiger partial charge < -0.3 is 18.4 Å². The maximum atomic E-state index is 7.97. The van der Waals surface area contributed by atoms with E-state index in [4.69, 9.17) is 21.3 Å². The number of hydrogen-bond acceptors (Lipinski definition) is 3. The SMILES string of the molecule is [C-]#[N+]c1ccc2c(c1)c1cc(-c3cccc4c3Oc3c(-c5ccc6c(c5)c5ccccc5n6-c5ccc(-n6c7ccccc7c7ccccc76)cc5)cccc3C43c4cccnc4-c4ncccc43)ccc1n2-c1ccccc1. The summed E-state index contributed by atoms with van der Waals surface area (Å²) in [7, 11) is 0. The van der Waals surface area contributed by atoms with Crippen molar-refractivity contribution in [3.05, 3.63) is 289 Å². The summed E-state index contributed by atoms with van der Waals surface area (Å²) >= 11 is 0. The molecule has 0 N–H and O–H groups in total. The van der Waals surface area contributed by atoms with E-state index >= 15 is 0 Å². The van der Waals surface area contributed by atoms with E-state index in [0.717, 1.165) is 123 Å². The van der Waals surface area contributed by atoms with Crippen molar-refractivity contribution in [3.63, 3.8) is 0 Å². The lowest BCUT2D eigenvalue weighted by Gasteiger charge is -2.40. The maximum absolute atomic E-state index is 7.97. The average Bonchev–Trinajstić information content (AvgIpc) is 3.48. The second kappa shape index (κ2) is 16.3. The number of para-hydroxylation sites is 6. The Kier molecular flexibility index (Phi) is 8.99. The van der Waals surface area contributed by atoms with Crippen molar-refractivity contribution >= 4 is 71.1 Å². The molecule has 1 spiro atoms. The van der Waals surface area contributed by atoms with E-state index in [-0.39, 0.29) is 0 Å². The molecule has 0 fully saturated rings. The summed E-state index contributed by atoms with van der Waals surface area (Å²) in [4.78, 5) is 14.0. The van der Waals surface area contributed by atoms with E-state index in [1.165, 1.54) is 27.2 Å². The van der Waals surface area contributed by atoms with Gasteiger partial charge in [-0.15, -0.1) is 0 Å². The lowest BCUT2D eigenvalue weighted by molar-refractivity contribution is 0.439. The van der Waals surface area contributed by atoms with Crippen molar-refractivity contribution < 1.29 is 4.74 Å². The molecule has 5 aromatic heterocycles. The van der Waals surface area contributed by atoms with E-state index < -0.39 is 5.41 Å². The molecule has 0 saturated heterocycles. The van der Waals surface area contributed by atoms with Crippen LogP contribution in [0.3, 0.4) is 0 Å². The summed E-state index contributed by atoms with van der Waals surface area (Å²) in [6.07, 6.45) is 3.74. The highest BCUT2D eigenvalue weighted by molar-refractivity contribution is 6.13. The van der Waals surface area contributed by atoms with Crippen LogP contribution in [0.15, 0.2) is 255 Å². The summed E-state index contributed by atoms with van der Waals surface area (Å²) in [5.41, 5.74) is 19.7. The molecule has 15 aromatic rings. The van der Waals surface area contributed by atoms with Crippen LogP contribution in [0.4, 0.5) is 5.69 Å². The van der Waals surface area contributed by atoms with Gasteiger partial charge in [0.2, 0.25) is 0 Å². The number of aromatic nitrogens is 5. The van der Waals surface area contributed by atoms with Crippen LogP contribution in [0.5, 0.6) is 11.5 Å². The van der Waals surface area contributed by atoms with E-state index in [1.54, 1.807) is 0 Å². The Morgan fingerprint density at radius 1 is 0.342 bits per heavy atom. The van der Waals surface area contributed by atoms with E-state index in [1.807, 2.05) is 42.7 Å². The Bertz CT molecular complexity index is 5030. The molecule has 0 saturated carbocycles. The predicted molar refractivity (Wildman–Crippen MR) is 320 cm³/mol. The van der Waals surface area contributed by atoms with Crippen molar-refractivity contribution in [1.29, 1.82) is 0 Å². The lowest BCUT2D eigenvalue weighted by atomic mass is 9.65. The molecular weight excluding hydrogens is 965 g/mol. The van der Waals surface area contributed by atoms with E-state index in [9.17, 15) is 0 Å². The first kappa shape index (κ1) is 43.4. The van der Waals surface area contributed by atoms with E-state index in [2.05, 4.69) is 231 Å². The monoisotopic (exact) mass is 1010 g/mol. The summed E-state index contributed by atoms with van der Waals surface area (Å²) in [5, 5.41) is 6.89. The molecule has 0 unspecified atom stereocenters. The normalized spacial score (nSPS) is 13.0. The van der Waals surface area contributed by atoms with Gasteiger partial charge in [0.25, 0.3) is 0 Å². The fourth-order valence-electron chi connectivity index (χ4n) is 13.6. The van der Waals surface area contributed by atoms with Crippen LogP contribution in [0.25, 0.3) is 121 Å². The van der Waals surface area contributed by atoms with Gasteiger partial charge in [0.05, 0.1) is 56.5 Å². The number of fused-ring (bicyclic) bond motifs is 18. The summed E-state index contributed by atoms with van der Waals surface area (Å²) in [6.45, 7) is 7.97. The highest BCUT2D eigenvalue weighted by atomic mass is 16.5. The van der Waals surface area contributed by atoms with Crippen LogP contribution < -0.4 is 4.74 Å². The van der Waals surface area contributed by atoms with Crippen LogP contribution in [-0.4, -0.2) is 23.7 Å². The molecule has 366 valence electrons. The third-order valence-electron chi connectivity index (χ3n) is 16.8. The zero-order valence-corrected chi connectivity index (χ0v) is 42.3. The Labute approximate surface area is 453 Å². The third kappa shape index (κ3) is 5.94. The van der Waals surface area contributed by atoms with Crippen LogP contribution in [-0.2, 0) is 5.41 Å². The fourth-order valence-corrected chi connectivity index (χ4v) is 13.6. The predicted octanol–water partition coefficient (Wildman–Crippen LogP) is 18.1. The first-order valence-electron chi connectivity index (χ1n) is 26.7. The Morgan fingerprint density at radius 2 is 0.747 bits per heavy atom. The minimum Gasteiger partial charge on any atom is -0.455 e. The first-order valence-corrected chi connectivity index (χ1v) is 26.7. The molecule has 6 heterocycles. The van der Waals surface area contributed by atoms with Gasteiger partial charge in [-0.2, -0.15) is 0 Å². The second-order valence-electron chi connectivity index (χ2n) is 20.7. The maximum Gasteiger partial charge on any atom is 0.188 e.